The van der Waals surface area contributed by atoms with Crippen molar-refractivity contribution in [3.05, 3.63) is 24.3 Å². The van der Waals surface area contributed by atoms with E-state index in [2.05, 4.69) is 11.6 Å². The van der Waals surface area contributed by atoms with Gasteiger partial charge in [-0.05, 0) is 44.1 Å². The van der Waals surface area contributed by atoms with Gasteiger partial charge in [-0.15, -0.1) is 0 Å². The van der Waals surface area contributed by atoms with Gasteiger partial charge in [0.2, 0.25) is 0 Å². The molecular weight excluding hydrogens is 272 g/mol. The molecule has 0 atom stereocenters. The van der Waals surface area contributed by atoms with Gasteiger partial charge in [0.25, 0.3) is 5.91 Å². The molecule has 1 saturated carbocycles. The Morgan fingerprint density at radius 3 is 2.80 bits per heavy atom. The molecule has 0 aromatic heterocycles. The first-order chi connectivity index (χ1) is 9.67. The van der Waals surface area contributed by atoms with Crippen LogP contribution < -0.4 is 15.8 Å². The molecule has 1 aromatic carbocycles. The summed E-state index contributed by atoms with van der Waals surface area (Å²) in [6.07, 6.45) is 6.65. The second kappa shape index (κ2) is 7.43. The van der Waals surface area contributed by atoms with Crippen molar-refractivity contribution in [1.29, 1.82) is 0 Å². The number of ether oxygens (including phenoxy) is 1. The van der Waals surface area contributed by atoms with Gasteiger partial charge in [-0.25, -0.2) is 0 Å². The molecule has 1 aromatic rings. The molecule has 110 valence electrons. The van der Waals surface area contributed by atoms with Gasteiger partial charge >= 0.3 is 0 Å². The fourth-order valence-corrected chi connectivity index (χ4v) is 3.21. The zero-order valence-electron chi connectivity index (χ0n) is 11.8. The number of hydrogen-bond acceptors (Lipinski definition) is 4. The van der Waals surface area contributed by atoms with Crippen LogP contribution in [0, 0.1) is 0 Å². The van der Waals surface area contributed by atoms with Gasteiger partial charge in [0.1, 0.15) is 5.75 Å². The van der Waals surface area contributed by atoms with Crippen molar-refractivity contribution in [1.82, 2.24) is 5.32 Å². The molecular formula is C15H22N2O2S. The molecule has 0 spiro atoms. The van der Waals surface area contributed by atoms with Crippen LogP contribution in [0.4, 0.5) is 5.69 Å². The third kappa shape index (κ3) is 4.63. The van der Waals surface area contributed by atoms with Crippen LogP contribution in [0.15, 0.2) is 24.3 Å². The van der Waals surface area contributed by atoms with Crippen LogP contribution in [0.25, 0.3) is 0 Å². The number of carbonyl (C=O) groups excluding carboxylic acids is 1. The minimum atomic E-state index is -0.0555. The molecule has 2 rings (SSSR count). The third-order valence-corrected chi connectivity index (χ3v) is 4.74. The number of amides is 1. The van der Waals surface area contributed by atoms with E-state index in [9.17, 15) is 4.79 Å². The standard InChI is InChI=1S/C15H22N2O2S/c1-20-14-7-5-12(6-8-14)17-15(18)10-19-13-4-2-3-11(16)9-13/h2-4,9,12,14H,5-8,10,16H2,1H3,(H,17,18). The number of anilines is 1. The smallest absolute Gasteiger partial charge is 0.258 e. The van der Waals surface area contributed by atoms with Crippen molar-refractivity contribution in [3.63, 3.8) is 0 Å². The number of hydrogen-bond donors (Lipinski definition) is 2. The maximum absolute atomic E-state index is 11.8. The van der Waals surface area contributed by atoms with Crippen LogP contribution in [0.2, 0.25) is 0 Å². The zero-order valence-corrected chi connectivity index (χ0v) is 12.6. The first kappa shape index (κ1) is 15.0. The van der Waals surface area contributed by atoms with Crippen molar-refractivity contribution in [3.8, 4) is 5.75 Å². The summed E-state index contributed by atoms with van der Waals surface area (Å²) in [5, 5.41) is 3.80. The first-order valence-electron chi connectivity index (χ1n) is 6.98. The van der Waals surface area contributed by atoms with E-state index in [1.54, 1.807) is 18.2 Å². The predicted octanol–water partition coefficient (Wildman–Crippen LogP) is 2.44. The predicted molar refractivity (Wildman–Crippen MR) is 84.1 cm³/mol. The van der Waals surface area contributed by atoms with Crippen LogP contribution >= 0.6 is 11.8 Å². The number of thioether (sulfide) groups is 1. The molecule has 4 nitrogen and oxygen atoms in total. The van der Waals surface area contributed by atoms with Crippen molar-refractivity contribution < 1.29 is 9.53 Å². The zero-order chi connectivity index (χ0) is 14.4. The first-order valence-corrected chi connectivity index (χ1v) is 8.26. The normalized spacial score (nSPS) is 22.2. The number of rotatable bonds is 5. The van der Waals surface area contributed by atoms with Gasteiger partial charge in [-0.2, -0.15) is 11.8 Å². The maximum Gasteiger partial charge on any atom is 0.258 e. The highest BCUT2D eigenvalue weighted by molar-refractivity contribution is 7.99. The fraction of sp³-hybridized carbons (Fsp3) is 0.533. The molecule has 0 saturated heterocycles. The Hall–Kier alpha value is -1.36. The van der Waals surface area contributed by atoms with Gasteiger partial charge < -0.3 is 15.8 Å². The molecule has 0 aliphatic heterocycles. The van der Waals surface area contributed by atoms with E-state index in [0.29, 0.717) is 17.5 Å². The van der Waals surface area contributed by atoms with E-state index >= 15 is 0 Å². The minimum absolute atomic E-state index is 0.0475. The lowest BCUT2D eigenvalue weighted by Gasteiger charge is -2.28. The minimum Gasteiger partial charge on any atom is -0.484 e. The van der Waals surface area contributed by atoms with Crippen LogP contribution in [0.5, 0.6) is 5.75 Å². The maximum atomic E-state index is 11.8. The highest BCUT2D eigenvalue weighted by Crippen LogP contribution is 2.26. The van der Waals surface area contributed by atoms with Crippen molar-refractivity contribution in [2.75, 3.05) is 18.6 Å². The van der Waals surface area contributed by atoms with Gasteiger partial charge in [0.15, 0.2) is 6.61 Å². The molecule has 0 bridgehead atoms. The summed E-state index contributed by atoms with van der Waals surface area (Å²) >= 11 is 1.93. The van der Waals surface area contributed by atoms with Crippen LogP contribution in [0.3, 0.4) is 0 Å². The van der Waals surface area contributed by atoms with Gasteiger partial charge in [0.05, 0.1) is 0 Å². The highest BCUT2D eigenvalue weighted by Gasteiger charge is 2.21. The molecule has 0 heterocycles. The van der Waals surface area contributed by atoms with E-state index in [1.807, 2.05) is 17.8 Å². The van der Waals surface area contributed by atoms with E-state index in [0.717, 1.165) is 18.1 Å². The molecule has 1 aliphatic carbocycles. The lowest BCUT2D eigenvalue weighted by molar-refractivity contribution is -0.124. The molecule has 5 heteroatoms. The van der Waals surface area contributed by atoms with E-state index < -0.39 is 0 Å². The Bertz CT molecular complexity index is 445. The number of carbonyl (C=O) groups is 1. The Balaban J connectivity index is 1.71. The monoisotopic (exact) mass is 294 g/mol. The van der Waals surface area contributed by atoms with Crippen molar-refractivity contribution in [2.24, 2.45) is 0 Å². The largest absolute Gasteiger partial charge is 0.484 e. The molecule has 20 heavy (non-hydrogen) atoms. The summed E-state index contributed by atoms with van der Waals surface area (Å²) < 4.78 is 5.44. The number of benzene rings is 1. The summed E-state index contributed by atoms with van der Waals surface area (Å²) in [5.74, 6) is 0.575. The summed E-state index contributed by atoms with van der Waals surface area (Å²) in [5.41, 5.74) is 6.30. The van der Waals surface area contributed by atoms with Gasteiger partial charge in [-0.3, -0.25) is 4.79 Å². The fourth-order valence-electron chi connectivity index (χ4n) is 2.47. The lowest BCUT2D eigenvalue weighted by atomic mass is 9.95. The van der Waals surface area contributed by atoms with Crippen molar-refractivity contribution >= 4 is 23.4 Å². The number of nitrogens with one attached hydrogen (secondary N) is 1. The van der Waals surface area contributed by atoms with E-state index in [-0.39, 0.29) is 12.5 Å². The Labute approximate surface area is 124 Å². The van der Waals surface area contributed by atoms with E-state index in [1.165, 1.54) is 12.8 Å². The van der Waals surface area contributed by atoms with Crippen LogP contribution in [0.1, 0.15) is 25.7 Å². The van der Waals surface area contributed by atoms with Crippen LogP contribution in [-0.2, 0) is 4.79 Å². The SMILES string of the molecule is CSC1CCC(NC(=O)COc2cccc(N)c2)CC1. The molecule has 1 aliphatic rings. The summed E-state index contributed by atoms with van der Waals surface area (Å²) in [4.78, 5) is 11.8. The molecule has 1 amide bonds. The Morgan fingerprint density at radius 1 is 1.40 bits per heavy atom. The molecule has 1 fully saturated rings. The second-order valence-electron chi connectivity index (χ2n) is 5.14. The van der Waals surface area contributed by atoms with E-state index in [4.69, 9.17) is 10.5 Å². The van der Waals surface area contributed by atoms with Gasteiger partial charge in [0, 0.05) is 23.0 Å². The molecule has 0 unspecified atom stereocenters. The average molecular weight is 294 g/mol. The Morgan fingerprint density at radius 2 is 2.15 bits per heavy atom. The Kier molecular flexibility index (Phi) is 5.59. The molecule has 3 N–H and O–H groups in total. The number of nitrogens with two attached hydrogens (primary N) is 1. The third-order valence-electron chi connectivity index (χ3n) is 3.60. The van der Waals surface area contributed by atoms with Crippen molar-refractivity contribution in [2.45, 2.75) is 37.0 Å². The number of nitrogen functional groups attached to an aromatic ring is 1. The molecule has 0 radical (unpaired) electrons. The van der Waals surface area contributed by atoms with Gasteiger partial charge in [-0.1, -0.05) is 6.07 Å². The topological polar surface area (TPSA) is 64.3 Å². The highest BCUT2D eigenvalue weighted by atomic mass is 32.2. The average Bonchev–Trinajstić information content (AvgIpc) is 2.46. The lowest BCUT2D eigenvalue weighted by Crippen LogP contribution is -2.40. The van der Waals surface area contributed by atoms with Crippen LogP contribution in [-0.4, -0.2) is 30.1 Å². The summed E-state index contributed by atoms with van der Waals surface area (Å²) in [6, 6.07) is 7.42. The summed E-state index contributed by atoms with van der Waals surface area (Å²) in [7, 11) is 0. The summed E-state index contributed by atoms with van der Waals surface area (Å²) in [6.45, 7) is 0.0475. The second-order valence-corrected chi connectivity index (χ2v) is 6.28. The quantitative estimate of drug-likeness (QED) is 0.819.